The minimum Gasteiger partial charge on any atom is -0.495 e. The molecule has 0 radical (unpaired) electrons. The number of hydrogen-bond acceptors (Lipinski definition) is 8. The van der Waals surface area contributed by atoms with Crippen molar-refractivity contribution in [3.63, 3.8) is 0 Å². The minimum absolute atomic E-state index is 0.0536. The third-order valence-electron chi connectivity index (χ3n) is 4.59. The second-order valence-corrected chi connectivity index (χ2v) is 7.04. The van der Waals surface area contributed by atoms with Gasteiger partial charge in [-0.3, -0.25) is 10.1 Å². The number of nitrogens with one attached hydrogen (secondary N) is 1. The van der Waals surface area contributed by atoms with Crippen molar-refractivity contribution < 1.29 is 9.66 Å². The summed E-state index contributed by atoms with van der Waals surface area (Å²) in [7, 11) is 1.53. The molecule has 2 unspecified atom stereocenters. The molecule has 1 aliphatic heterocycles. The predicted molar refractivity (Wildman–Crippen MR) is 105 cm³/mol. The highest BCUT2D eigenvalue weighted by Crippen LogP contribution is 2.36. The van der Waals surface area contributed by atoms with E-state index in [-0.39, 0.29) is 17.3 Å². The monoisotopic (exact) mass is 372 g/mol. The smallest absolute Gasteiger partial charge is 0.353 e. The van der Waals surface area contributed by atoms with Crippen LogP contribution < -0.4 is 20.7 Å². The lowest BCUT2D eigenvalue weighted by atomic mass is 9.92. The Morgan fingerprint density at radius 2 is 1.93 bits per heavy atom. The molecule has 0 aliphatic carbocycles. The van der Waals surface area contributed by atoms with Crippen LogP contribution in [0.15, 0.2) is 24.3 Å². The van der Waals surface area contributed by atoms with Crippen molar-refractivity contribution >= 4 is 29.0 Å². The highest BCUT2D eigenvalue weighted by Gasteiger charge is 2.29. The molecule has 1 aliphatic rings. The average Bonchev–Trinajstić information content (AvgIpc) is 2.60. The normalized spacial score (nSPS) is 19.6. The Labute approximate surface area is 157 Å². The van der Waals surface area contributed by atoms with E-state index in [0.29, 0.717) is 29.2 Å². The Morgan fingerprint density at radius 3 is 2.56 bits per heavy atom. The van der Waals surface area contributed by atoms with E-state index < -0.39 is 4.92 Å². The van der Waals surface area contributed by atoms with E-state index in [1.165, 1.54) is 7.11 Å². The first-order valence-electron chi connectivity index (χ1n) is 8.86. The first-order chi connectivity index (χ1) is 12.9. The van der Waals surface area contributed by atoms with E-state index in [2.05, 4.69) is 29.1 Å². The zero-order valence-electron chi connectivity index (χ0n) is 15.7. The van der Waals surface area contributed by atoms with Crippen molar-refractivity contribution in [2.24, 2.45) is 11.8 Å². The lowest BCUT2D eigenvalue weighted by Crippen LogP contribution is -2.39. The molecule has 3 rings (SSSR count). The summed E-state index contributed by atoms with van der Waals surface area (Å²) in [4.78, 5) is 21.7. The van der Waals surface area contributed by atoms with Crippen molar-refractivity contribution in [1.29, 1.82) is 0 Å². The van der Waals surface area contributed by atoms with Crippen LogP contribution in [0.5, 0.6) is 5.75 Å². The zero-order valence-corrected chi connectivity index (χ0v) is 15.7. The third kappa shape index (κ3) is 4.02. The SMILES string of the molecule is COc1ccccc1Nc1nc(N2CC(C)CC(C)C2)nc(N)c1[N+](=O)[O-]. The van der Waals surface area contributed by atoms with E-state index >= 15 is 0 Å². The fourth-order valence-corrected chi connectivity index (χ4v) is 3.57. The van der Waals surface area contributed by atoms with Crippen LogP contribution in [0.1, 0.15) is 20.3 Å². The number of para-hydroxylation sites is 2. The van der Waals surface area contributed by atoms with Crippen molar-refractivity contribution in [2.45, 2.75) is 20.3 Å². The van der Waals surface area contributed by atoms with Crippen molar-refractivity contribution in [3.05, 3.63) is 34.4 Å². The van der Waals surface area contributed by atoms with Crippen molar-refractivity contribution in [2.75, 3.05) is 36.1 Å². The van der Waals surface area contributed by atoms with Gasteiger partial charge >= 0.3 is 5.69 Å². The van der Waals surface area contributed by atoms with Crippen LogP contribution in [0.3, 0.4) is 0 Å². The van der Waals surface area contributed by atoms with Crippen molar-refractivity contribution in [1.82, 2.24) is 9.97 Å². The lowest BCUT2D eigenvalue weighted by Gasteiger charge is -2.35. The number of benzene rings is 1. The molecule has 1 aromatic carbocycles. The number of nitro groups is 1. The van der Waals surface area contributed by atoms with E-state index in [4.69, 9.17) is 10.5 Å². The Bertz CT molecular complexity index is 834. The summed E-state index contributed by atoms with van der Waals surface area (Å²) in [6.45, 7) is 5.92. The van der Waals surface area contributed by atoms with Crippen molar-refractivity contribution in [3.8, 4) is 5.75 Å². The fraction of sp³-hybridized carbons (Fsp3) is 0.444. The molecule has 144 valence electrons. The van der Waals surface area contributed by atoms with E-state index in [1.807, 2.05) is 11.0 Å². The number of rotatable bonds is 5. The van der Waals surface area contributed by atoms with Gasteiger partial charge in [-0.2, -0.15) is 9.97 Å². The standard InChI is InChI=1S/C18H24N6O3/c1-11-8-12(2)10-23(9-11)18-21-16(19)15(24(25)26)17(22-18)20-13-6-4-5-7-14(13)27-3/h4-7,11-12H,8-10H2,1-3H3,(H3,19,20,21,22). The summed E-state index contributed by atoms with van der Waals surface area (Å²) in [5.74, 6) is 1.81. The van der Waals surface area contributed by atoms with Gasteiger partial charge in [0.15, 0.2) is 0 Å². The number of methoxy groups -OCH3 is 1. The maximum Gasteiger partial charge on any atom is 0.353 e. The van der Waals surface area contributed by atoms with Gasteiger partial charge in [0, 0.05) is 13.1 Å². The summed E-state index contributed by atoms with van der Waals surface area (Å²) in [6.07, 6.45) is 1.13. The summed E-state index contributed by atoms with van der Waals surface area (Å²) < 4.78 is 5.31. The molecule has 1 aromatic heterocycles. The molecule has 1 fully saturated rings. The lowest BCUT2D eigenvalue weighted by molar-refractivity contribution is -0.383. The highest BCUT2D eigenvalue weighted by molar-refractivity contribution is 5.76. The quantitative estimate of drug-likeness (QED) is 0.606. The molecule has 9 nitrogen and oxygen atoms in total. The van der Waals surface area contributed by atoms with Gasteiger partial charge in [0.25, 0.3) is 0 Å². The number of nitrogen functional groups attached to an aromatic ring is 1. The molecular weight excluding hydrogens is 348 g/mol. The van der Waals surface area contributed by atoms with Gasteiger partial charge in [0.2, 0.25) is 17.6 Å². The molecule has 27 heavy (non-hydrogen) atoms. The highest BCUT2D eigenvalue weighted by atomic mass is 16.6. The number of piperidine rings is 1. The molecule has 0 amide bonds. The van der Waals surface area contributed by atoms with Gasteiger partial charge < -0.3 is 20.7 Å². The number of nitrogens with zero attached hydrogens (tertiary/aromatic N) is 4. The van der Waals surface area contributed by atoms with E-state index in [9.17, 15) is 10.1 Å². The molecular formula is C18H24N6O3. The summed E-state index contributed by atoms with van der Waals surface area (Å²) in [5.41, 5.74) is 6.15. The molecule has 9 heteroatoms. The van der Waals surface area contributed by atoms with Crippen LogP contribution in [0.4, 0.5) is 29.0 Å². The maximum absolute atomic E-state index is 11.5. The van der Waals surface area contributed by atoms with Gasteiger partial charge in [0.05, 0.1) is 17.7 Å². The number of ether oxygens (including phenoxy) is 1. The fourth-order valence-electron chi connectivity index (χ4n) is 3.57. The van der Waals surface area contributed by atoms with Crippen LogP contribution in [0.2, 0.25) is 0 Å². The molecule has 1 saturated heterocycles. The largest absolute Gasteiger partial charge is 0.495 e. The number of anilines is 4. The second kappa shape index (κ2) is 7.65. The number of aromatic nitrogens is 2. The second-order valence-electron chi connectivity index (χ2n) is 7.04. The molecule has 2 heterocycles. The van der Waals surface area contributed by atoms with Gasteiger partial charge in [-0.1, -0.05) is 26.0 Å². The summed E-state index contributed by atoms with van der Waals surface area (Å²) in [5, 5.41) is 14.5. The summed E-state index contributed by atoms with van der Waals surface area (Å²) in [6, 6.07) is 7.13. The predicted octanol–water partition coefficient (Wildman–Crippen LogP) is 3.20. The van der Waals surface area contributed by atoms with Crippen LogP contribution >= 0.6 is 0 Å². The van der Waals surface area contributed by atoms with Crippen LogP contribution in [0, 0.1) is 22.0 Å². The molecule has 3 N–H and O–H groups in total. The topological polar surface area (TPSA) is 119 Å². The first-order valence-corrected chi connectivity index (χ1v) is 8.86. The number of nitrogens with two attached hydrogens (primary N) is 1. The van der Waals surface area contributed by atoms with Crippen LogP contribution in [-0.4, -0.2) is 35.1 Å². The molecule has 0 saturated carbocycles. The first kappa shape index (κ1) is 18.7. The summed E-state index contributed by atoms with van der Waals surface area (Å²) >= 11 is 0. The molecule has 0 spiro atoms. The Morgan fingerprint density at radius 1 is 1.26 bits per heavy atom. The number of hydrogen-bond donors (Lipinski definition) is 2. The molecule has 0 bridgehead atoms. The average molecular weight is 372 g/mol. The van der Waals surface area contributed by atoms with Crippen LogP contribution in [-0.2, 0) is 0 Å². The zero-order chi connectivity index (χ0) is 19.6. The van der Waals surface area contributed by atoms with E-state index in [1.54, 1.807) is 18.2 Å². The Kier molecular flexibility index (Phi) is 5.29. The third-order valence-corrected chi connectivity index (χ3v) is 4.59. The van der Waals surface area contributed by atoms with E-state index in [0.717, 1.165) is 19.5 Å². The molecule has 2 atom stereocenters. The van der Waals surface area contributed by atoms with Gasteiger partial charge in [-0.05, 0) is 30.4 Å². The Balaban J connectivity index is 2.03. The Hall–Kier alpha value is -3.10. The van der Waals surface area contributed by atoms with Gasteiger partial charge in [0.1, 0.15) is 5.75 Å². The maximum atomic E-state index is 11.5. The molecule has 2 aromatic rings. The van der Waals surface area contributed by atoms with Gasteiger partial charge in [-0.15, -0.1) is 0 Å². The van der Waals surface area contributed by atoms with Crippen LogP contribution in [0.25, 0.3) is 0 Å². The van der Waals surface area contributed by atoms with Gasteiger partial charge in [-0.25, -0.2) is 0 Å². The minimum atomic E-state index is -0.571.